The number of hydrogen-bond donors (Lipinski definition) is 2. The summed E-state index contributed by atoms with van der Waals surface area (Å²) in [6.07, 6.45) is 4.38. The first kappa shape index (κ1) is 28.1. The van der Waals surface area contributed by atoms with Crippen LogP contribution in [-0.2, 0) is 25.7 Å². The summed E-state index contributed by atoms with van der Waals surface area (Å²) in [4.78, 5) is 39.4. The van der Waals surface area contributed by atoms with Gasteiger partial charge < -0.3 is 20.1 Å². The zero-order valence-corrected chi connectivity index (χ0v) is 19.9. The molecule has 0 aliphatic rings. The molecule has 7 heteroatoms. The first-order chi connectivity index (χ1) is 15.8. The average molecular weight is 459 g/mol. The smallest absolute Gasteiger partial charge is 0.306 e. The van der Waals surface area contributed by atoms with Crippen molar-refractivity contribution < 1.29 is 24.2 Å². The molecule has 33 heavy (non-hydrogen) atoms. The molecule has 2 unspecified atom stereocenters. The number of nitrogens with zero attached hydrogens (tertiary/aromatic N) is 1. The van der Waals surface area contributed by atoms with Gasteiger partial charge in [-0.25, -0.2) is 0 Å². The van der Waals surface area contributed by atoms with Crippen molar-refractivity contribution in [1.29, 1.82) is 0 Å². The summed E-state index contributed by atoms with van der Waals surface area (Å²) < 4.78 is 5.30. The maximum Gasteiger partial charge on any atom is 0.306 e. The first-order valence-corrected chi connectivity index (χ1v) is 11.4. The Morgan fingerprint density at radius 1 is 1.15 bits per heavy atom. The molecule has 0 aromatic heterocycles. The predicted octanol–water partition coefficient (Wildman–Crippen LogP) is 3.24. The molecule has 0 spiro atoms. The van der Waals surface area contributed by atoms with Crippen molar-refractivity contribution in [2.45, 2.75) is 52.1 Å². The molecule has 1 rings (SSSR count). The van der Waals surface area contributed by atoms with Crippen LogP contribution in [0, 0.1) is 11.8 Å². The number of aliphatic hydroxyl groups excluding tert-OH is 1. The maximum absolute atomic E-state index is 13.0. The van der Waals surface area contributed by atoms with Crippen molar-refractivity contribution in [2.75, 3.05) is 19.8 Å². The summed E-state index contributed by atoms with van der Waals surface area (Å²) in [7, 11) is 0. The number of allylic oxidation sites excluding steroid dienone is 2. The fourth-order valence-electron chi connectivity index (χ4n) is 3.22. The highest BCUT2D eigenvalue weighted by Crippen LogP contribution is 2.16. The highest BCUT2D eigenvalue weighted by molar-refractivity contribution is 5.86. The van der Waals surface area contributed by atoms with E-state index in [1.165, 1.54) is 0 Å². The molecule has 2 amide bonds. The van der Waals surface area contributed by atoms with E-state index in [1.54, 1.807) is 17.1 Å². The van der Waals surface area contributed by atoms with E-state index < -0.39 is 5.92 Å². The lowest BCUT2D eigenvalue weighted by atomic mass is 9.97. The third kappa shape index (κ3) is 11.0. The van der Waals surface area contributed by atoms with Gasteiger partial charge >= 0.3 is 5.97 Å². The minimum atomic E-state index is -0.607. The maximum atomic E-state index is 13.0. The Kier molecular flexibility index (Phi) is 13.5. The van der Waals surface area contributed by atoms with Crippen LogP contribution < -0.4 is 5.32 Å². The van der Waals surface area contributed by atoms with E-state index in [2.05, 4.69) is 18.5 Å². The number of esters is 1. The summed E-state index contributed by atoms with van der Waals surface area (Å²) in [5.41, 5.74) is 0.946. The molecular formula is C26H38N2O5. The van der Waals surface area contributed by atoms with Crippen molar-refractivity contribution >= 4 is 17.8 Å². The summed E-state index contributed by atoms with van der Waals surface area (Å²) >= 11 is 0. The standard InChI is InChI=1S/C26H38N2O5/c1-5-7-14-25(31)33-19-23(20(3)4)27-26(32)22(11-6-2)17-24(30)28(15-16-29)18-21-12-9-8-10-13-21/h5-6,8-10,12-13,20,22-23,29H,1-2,7,11,14-19H2,3-4H3,(H,27,32). The monoisotopic (exact) mass is 458 g/mol. The number of hydrogen-bond acceptors (Lipinski definition) is 5. The van der Waals surface area contributed by atoms with Crippen LogP contribution in [0.3, 0.4) is 0 Å². The van der Waals surface area contributed by atoms with E-state index in [9.17, 15) is 19.5 Å². The fourth-order valence-corrected chi connectivity index (χ4v) is 3.22. The van der Waals surface area contributed by atoms with E-state index in [0.717, 1.165) is 5.56 Å². The van der Waals surface area contributed by atoms with Crippen LogP contribution in [0.5, 0.6) is 0 Å². The zero-order chi connectivity index (χ0) is 24.6. The molecule has 0 saturated heterocycles. The summed E-state index contributed by atoms with van der Waals surface area (Å²) in [5.74, 6) is -1.41. The second-order valence-corrected chi connectivity index (χ2v) is 8.32. The SMILES string of the molecule is C=CCCC(=O)OCC(NC(=O)C(CC=C)CC(=O)N(CCO)Cc1ccccc1)C(C)C. The number of carbonyl (C=O) groups is 3. The fraction of sp³-hybridized carbons (Fsp3) is 0.500. The number of carbonyl (C=O) groups excluding carboxylic acids is 3. The molecule has 0 bridgehead atoms. The summed E-state index contributed by atoms with van der Waals surface area (Å²) in [6.45, 7) is 11.6. The number of amides is 2. The van der Waals surface area contributed by atoms with Crippen molar-refractivity contribution in [3.8, 4) is 0 Å². The van der Waals surface area contributed by atoms with E-state index in [1.807, 2.05) is 44.2 Å². The lowest BCUT2D eigenvalue weighted by molar-refractivity contribution is -0.145. The first-order valence-electron chi connectivity index (χ1n) is 11.4. The van der Waals surface area contributed by atoms with Crippen LogP contribution in [0.4, 0.5) is 0 Å². The van der Waals surface area contributed by atoms with Crippen LogP contribution in [-0.4, -0.2) is 53.6 Å². The quantitative estimate of drug-likeness (QED) is 0.293. The molecule has 0 saturated carbocycles. The minimum absolute atomic E-state index is 0.00533. The summed E-state index contributed by atoms with van der Waals surface area (Å²) in [5, 5.41) is 12.3. The third-order valence-corrected chi connectivity index (χ3v) is 5.29. The van der Waals surface area contributed by atoms with Crippen molar-refractivity contribution in [3.63, 3.8) is 0 Å². The largest absolute Gasteiger partial charge is 0.463 e. The highest BCUT2D eigenvalue weighted by Gasteiger charge is 2.27. The van der Waals surface area contributed by atoms with E-state index >= 15 is 0 Å². The van der Waals surface area contributed by atoms with Gasteiger partial charge in [0.15, 0.2) is 0 Å². The molecule has 0 radical (unpaired) electrons. The Hall–Kier alpha value is -2.93. The van der Waals surface area contributed by atoms with Gasteiger partial charge in [-0.05, 0) is 24.3 Å². The van der Waals surface area contributed by atoms with Gasteiger partial charge in [0.25, 0.3) is 0 Å². The molecule has 7 nitrogen and oxygen atoms in total. The van der Waals surface area contributed by atoms with Gasteiger partial charge in [-0.15, -0.1) is 13.2 Å². The number of rotatable bonds is 16. The Morgan fingerprint density at radius 2 is 1.85 bits per heavy atom. The molecule has 2 N–H and O–H groups in total. The van der Waals surface area contributed by atoms with Crippen LogP contribution in [0.1, 0.15) is 45.1 Å². The topological polar surface area (TPSA) is 95.9 Å². The van der Waals surface area contributed by atoms with Crippen molar-refractivity contribution in [1.82, 2.24) is 10.2 Å². The van der Waals surface area contributed by atoms with Crippen molar-refractivity contribution in [2.24, 2.45) is 11.8 Å². The molecule has 1 aromatic carbocycles. The van der Waals surface area contributed by atoms with E-state index in [4.69, 9.17) is 4.74 Å². The second-order valence-electron chi connectivity index (χ2n) is 8.32. The normalized spacial score (nSPS) is 12.5. The van der Waals surface area contributed by atoms with Crippen LogP contribution in [0.2, 0.25) is 0 Å². The van der Waals surface area contributed by atoms with Gasteiger partial charge in [-0.1, -0.05) is 56.3 Å². The molecule has 182 valence electrons. The van der Waals surface area contributed by atoms with E-state index in [0.29, 0.717) is 19.4 Å². The number of aliphatic hydroxyl groups is 1. The average Bonchev–Trinajstić information content (AvgIpc) is 2.80. The molecule has 0 heterocycles. The van der Waals surface area contributed by atoms with Gasteiger partial charge in [-0.3, -0.25) is 14.4 Å². The highest BCUT2D eigenvalue weighted by atomic mass is 16.5. The van der Waals surface area contributed by atoms with Gasteiger partial charge in [0, 0.05) is 25.9 Å². The predicted molar refractivity (Wildman–Crippen MR) is 129 cm³/mol. The number of nitrogens with one attached hydrogen (secondary N) is 1. The third-order valence-electron chi connectivity index (χ3n) is 5.29. The zero-order valence-electron chi connectivity index (χ0n) is 19.9. The van der Waals surface area contributed by atoms with Gasteiger partial charge in [-0.2, -0.15) is 0 Å². The Balaban J connectivity index is 2.79. The Bertz CT molecular complexity index is 763. The summed E-state index contributed by atoms with van der Waals surface area (Å²) in [6, 6.07) is 9.13. The molecule has 2 atom stereocenters. The van der Waals surface area contributed by atoms with Crippen molar-refractivity contribution in [3.05, 3.63) is 61.2 Å². The van der Waals surface area contributed by atoms with Gasteiger partial charge in [0.2, 0.25) is 11.8 Å². The van der Waals surface area contributed by atoms with Crippen LogP contribution >= 0.6 is 0 Å². The number of benzene rings is 1. The number of ether oxygens (including phenoxy) is 1. The molecular weight excluding hydrogens is 420 g/mol. The molecule has 1 aromatic rings. The Morgan fingerprint density at radius 3 is 2.42 bits per heavy atom. The Labute approximate surface area is 197 Å². The van der Waals surface area contributed by atoms with E-state index in [-0.39, 0.29) is 62.3 Å². The molecule has 0 aliphatic heterocycles. The lowest BCUT2D eigenvalue weighted by Gasteiger charge is -2.27. The van der Waals surface area contributed by atoms with Gasteiger partial charge in [0.05, 0.1) is 18.6 Å². The molecule has 0 fully saturated rings. The van der Waals surface area contributed by atoms with Gasteiger partial charge in [0.1, 0.15) is 6.61 Å². The van der Waals surface area contributed by atoms with Crippen LogP contribution in [0.15, 0.2) is 55.6 Å². The second kappa shape index (κ2) is 15.8. The van der Waals surface area contributed by atoms with Crippen LogP contribution in [0.25, 0.3) is 0 Å². The lowest BCUT2D eigenvalue weighted by Crippen LogP contribution is -2.46. The minimum Gasteiger partial charge on any atom is -0.463 e. The molecule has 0 aliphatic carbocycles.